The van der Waals surface area contributed by atoms with Crippen LogP contribution >= 0.6 is 23.4 Å². The third-order valence-corrected chi connectivity index (χ3v) is 3.67. The maximum absolute atomic E-state index is 11.8. The maximum Gasteiger partial charge on any atom is 0.292 e. The molecule has 10 nitrogen and oxygen atoms in total. The summed E-state index contributed by atoms with van der Waals surface area (Å²) in [5.74, 6) is 0.262. The van der Waals surface area contributed by atoms with Crippen molar-refractivity contribution in [3.05, 3.63) is 10.8 Å². The molecule has 1 saturated heterocycles. The molecule has 21 heavy (non-hydrogen) atoms. The number of nitrogens with one attached hydrogen (secondary N) is 4. The quantitative estimate of drug-likeness (QED) is 0.219. The van der Waals surface area contributed by atoms with Crippen LogP contribution in [0.3, 0.4) is 0 Å². The number of nitrogen functional groups attached to an aromatic ring is 2. The van der Waals surface area contributed by atoms with E-state index in [0.29, 0.717) is 0 Å². The van der Waals surface area contributed by atoms with Gasteiger partial charge in [0, 0.05) is 12.3 Å². The van der Waals surface area contributed by atoms with Crippen molar-refractivity contribution in [1.82, 2.24) is 31.6 Å². The van der Waals surface area contributed by atoms with Crippen LogP contribution in [0.5, 0.6) is 0 Å². The van der Waals surface area contributed by atoms with E-state index in [1.54, 1.807) is 11.8 Å². The Morgan fingerprint density at radius 3 is 3.00 bits per heavy atom. The van der Waals surface area contributed by atoms with E-state index >= 15 is 0 Å². The summed E-state index contributed by atoms with van der Waals surface area (Å²) in [5.41, 5.74) is 18.5. The van der Waals surface area contributed by atoms with E-state index in [0.717, 1.165) is 12.3 Å². The highest BCUT2D eigenvalue weighted by molar-refractivity contribution is 8.00. The summed E-state index contributed by atoms with van der Waals surface area (Å²) in [6.45, 7) is 0.928. The summed E-state index contributed by atoms with van der Waals surface area (Å²) in [6, 6.07) is 0. The van der Waals surface area contributed by atoms with Crippen LogP contribution < -0.4 is 33.1 Å². The number of rotatable bonds is 5. The molecule has 114 valence electrons. The molecule has 1 unspecified atom stereocenters. The Labute approximate surface area is 129 Å². The molecule has 0 aliphatic carbocycles. The minimum Gasteiger partial charge on any atom is -0.382 e. The number of halogens is 1. The highest BCUT2D eigenvalue weighted by atomic mass is 35.5. The summed E-state index contributed by atoms with van der Waals surface area (Å²) < 4.78 is 0. The second kappa shape index (κ2) is 7.15. The largest absolute Gasteiger partial charge is 0.382 e. The number of hydrazone groups is 1. The maximum atomic E-state index is 11.8. The second-order valence-corrected chi connectivity index (χ2v) is 5.40. The van der Waals surface area contributed by atoms with Crippen molar-refractivity contribution in [2.45, 2.75) is 5.50 Å². The molecule has 0 bridgehead atoms. The molecule has 1 aromatic rings. The highest BCUT2D eigenvalue weighted by Crippen LogP contribution is 2.16. The zero-order valence-corrected chi connectivity index (χ0v) is 12.3. The number of nitrogens with two attached hydrogens (primary N) is 2. The average molecular weight is 332 g/mol. The first-order chi connectivity index (χ1) is 10.1. The van der Waals surface area contributed by atoms with Crippen LogP contribution in [-0.2, 0) is 0 Å². The van der Waals surface area contributed by atoms with E-state index in [1.807, 2.05) is 0 Å². The van der Waals surface area contributed by atoms with Crippen molar-refractivity contribution in [3.63, 3.8) is 0 Å². The first kappa shape index (κ1) is 15.4. The Hall–Kier alpha value is -1.98. The molecule has 2 heterocycles. The van der Waals surface area contributed by atoms with Gasteiger partial charge in [0.2, 0.25) is 0 Å². The molecule has 0 radical (unpaired) electrons. The second-order valence-electron chi connectivity index (χ2n) is 3.82. The summed E-state index contributed by atoms with van der Waals surface area (Å²) in [6.07, 6.45) is 1.28. The minimum absolute atomic E-state index is 0.0361. The van der Waals surface area contributed by atoms with E-state index in [9.17, 15) is 4.79 Å². The lowest BCUT2D eigenvalue weighted by Gasteiger charge is -2.09. The van der Waals surface area contributed by atoms with E-state index in [1.165, 1.54) is 6.34 Å². The van der Waals surface area contributed by atoms with Gasteiger partial charge in [-0.1, -0.05) is 11.6 Å². The summed E-state index contributed by atoms with van der Waals surface area (Å²) >= 11 is 7.38. The van der Waals surface area contributed by atoms with Crippen LogP contribution in [0.1, 0.15) is 10.5 Å². The van der Waals surface area contributed by atoms with Gasteiger partial charge in [0.05, 0.1) is 0 Å². The molecule has 1 aliphatic heterocycles. The van der Waals surface area contributed by atoms with Crippen molar-refractivity contribution < 1.29 is 4.79 Å². The fraction of sp³-hybridized carbons (Fsp3) is 0.333. The first-order valence-electron chi connectivity index (χ1n) is 5.84. The van der Waals surface area contributed by atoms with Crippen molar-refractivity contribution in [1.29, 1.82) is 0 Å². The SMILES string of the molecule is Nc1nc(N)c(C(=O)NNC=NNC2NCCS2)nc1Cl. The van der Waals surface area contributed by atoms with Gasteiger partial charge in [-0.2, -0.15) is 5.10 Å². The van der Waals surface area contributed by atoms with Crippen LogP contribution in [0.15, 0.2) is 5.10 Å². The van der Waals surface area contributed by atoms with Gasteiger partial charge < -0.3 is 11.5 Å². The molecular formula is C9H14ClN9OS. The predicted molar refractivity (Wildman–Crippen MR) is 82.3 cm³/mol. The molecule has 1 aliphatic rings. The van der Waals surface area contributed by atoms with Crippen LogP contribution in [0.2, 0.25) is 5.15 Å². The molecule has 12 heteroatoms. The number of amides is 1. The lowest BCUT2D eigenvalue weighted by Crippen LogP contribution is -2.39. The zero-order chi connectivity index (χ0) is 15.2. The summed E-state index contributed by atoms with van der Waals surface area (Å²) in [7, 11) is 0. The van der Waals surface area contributed by atoms with Crippen LogP contribution in [0.25, 0.3) is 0 Å². The Morgan fingerprint density at radius 1 is 1.48 bits per heavy atom. The number of thioether (sulfide) groups is 1. The van der Waals surface area contributed by atoms with Crippen molar-refractivity contribution in [3.8, 4) is 0 Å². The van der Waals surface area contributed by atoms with E-state index in [2.05, 4.69) is 36.7 Å². The standard InChI is InChI=1S/C9H14ClN9OS/c10-5-7(12)17-6(11)4(16-5)8(20)18-14-3-15-19-9-13-1-2-21-9/h3,9,13,19H,1-2H2,(H,14,15)(H,18,20)(H4,11,12,17). The third-order valence-electron chi connectivity index (χ3n) is 2.34. The number of carbonyl (C=O) groups excluding carboxylic acids is 1. The Kier molecular flexibility index (Phi) is 5.25. The smallest absolute Gasteiger partial charge is 0.292 e. The van der Waals surface area contributed by atoms with Crippen molar-refractivity contribution in [2.75, 3.05) is 23.8 Å². The van der Waals surface area contributed by atoms with Crippen molar-refractivity contribution in [2.24, 2.45) is 5.10 Å². The summed E-state index contributed by atoms with van der Waals surface area (Å²) in [4.78, 5) is 19.3. The van der Waals surface area contributed by atoms with Gasteiger partial charge in [0.25, 0.3) is 5.91 Å². The van der Waals surface area contributed by atoms with Gasteiger partial charge in [-0.3, -0.25) is 26.4 Å². The first-order valence-corrected chi connectivity index (χ1v) is 7.27. The van der Waals surface area contributed by atoms with Crippen molar-refractivity contribution >= 4 is 47.2 Å². The fourth-order valence-corrected chi connectivity index (χ4v) is 2.38. The van der Waals surface area contributed by atoms with Gasteiger partial charge >= 0.3 is 0 Å². The lowest BCUT2D eigenvalue weighted by molar-refractivity contribution is 0.0940. The van der Waals surface area contributed by atoms with Gasteiger partial charge in [-0.25, -0.2) is 9.97 Å². The number of anilines is 2. The molecule has 0 spiro atoms. The number of aromatic nitrogens is 2. The van der Waals surface area contributed by atoms with Crippen LogP contribution in [-0.4, -0.2) is 40.0 Å². The molecule has 1 atom stereocenters. The van der Waals surface area contributed by atoms with E-state index in [4.69, 9.17) is 23.1 Å². The minimum atomic E-state index is -0.610. The van der Waals surface area contributed by atoms with Crippen LogP contribution in [0, 0.1) is 0 Å². The van der Waals surface area contributed by atoms with Gasteiger partial charge in [-0.05, 0) is 0 Å². The molecule has 1 aromatic heterocycles. The average Bonchev–Trinajstić information content (AvgIpc) is 2.95. The molecule has 0 saturated carbocycles. The van der Waals surface area contributed by atoms with Gasteiger partial charge in [0.15, 0.2) is 22.5 Å². The fourth-order valence-electron chi connectivity index (χ4n) is 1.41. The molecule has 8 N–H and O–H groups in total. The predicted octanol–water partition coefficient (Wildman–Crippen LogP) is -1.32. The lowest BCUT2D eigenvalue weighted by atomic mass is 10.4. The number of hydrogen-bond acceptors (Lipinski definition) is 9. The van der Waals surface area contributed by atoms with E-state index in [-0.39, 0.29) is 28.0 Å². The topological polar surface area (TPSA) is 155 Å². The number of hydrogen-bond donors (Lipinski definition) is 6. The van der Waals surface area contributed by atoms with Gasteiger partial charge in [0.1, 0.15) is 11.8 Å². The number of carbonyl (C=O) groups is 1. The molecule has 1 fully saturated rings. The third kappa shape index (κ3) is 4.24. The monoisotopic (exact) mass is 331 g/mol. The highest BCUT2D eigenvalue weighted by Gasteiger charge is 2.15. The number of hydrazine groups is 1. The zero-order valence-electron chi connectivity index (χ0n) is 10.8. The molecule has 2 rings (SSSR count). The Bertz CT molecular complexity index is 548. The Balaban J connectivity index is 1.81. The van der Waals surface area contributed by atoms with Gasteiger partial charge in [-0.15, -0.1) is 11.8 Å². The molecule has 1 amide bonds. The molecular weight excluding hydrogens is 318 g/mol. The molecule has 0 aromatic carbocycles. The normalized spacial score (nSPS) is 17.9. The Morgan fingerprint density at radius 2 is 2.29 bits per heavy atom. The van der Waals surface area contributed by atoms with E-state index < -0.39 is 5.91 Å². The summed E-state index contributed by atoms with van der Waals surface area (Å²) in [5, 5.41) is 6.95. The number of nitrogens with zero attached hydrogens (tertiary/aromatic N) is 3. The van der Waals surface area contributed by atoms with Crippen LogP contribution in [0.4, 0.5) is 11.6 Å².